The Morgan fingerprint density at radius 1 is 1.19 bits per heavy atom. The van der Waals surface area contributed by atoms with Gasteiger partial charge in [-0.2, -0.15) is 0 Å². The van der Waals surface area contributed by atoms with Crippen molar-refractivity contribution in [1.29, 1.82) is 0 Å². The summed E-state index contributed by atoms with van der Waals surface area (Å²) >= 11 is 0. The van der Waals surface area contributed by atoms with Gasteiger partial charge in [-0.25, -0.2) is 4.39 Å². The molecule has 0 aliphatic rings. The summed E-state index contributed by atoms with van der Waals surface area (Å²) in [5.41, 5.74) is 0.565. The molecule has 0 aliphatic heterocycles. The largest absolute Gasteiger partial charge is 0.407 e. The van der Waals surface area contributed by atoms with Crippen LogP contribution < -0.4 is 10.6 Å². The van der Waals surface area contributed by atoms with E-state index >= 15 is 0 Å². The lowest BCUT2D eigenvalue weighted by molar-refractivity contribution is 0.456. The van der Waals surface area contributed by atoms with Crippen LogP contribution in [0.3, 0.4) is 0 Å². The van der Waals surface area contributed by atoms with E-state index in [1.54, 1.807) is 18.2 Å². The number of nitrogens with one attached hydrogen (secondary N) is 2. The highest BCUT2D eigenvalue weighted by molar-refractivity contribution is 5.29. The molecule has 0 amide bonds. The number of benzene rings is 1. The number of halogens is 1. The van der Waals surface area contributed by atoms with Crippen molar-refractivity contribution in [3.63, 3.8) is 0 Å². The minimum atomic E-state index is -0.254. The van der Waals surface area contributed by atoms with Crippen LogP contribution in [0.2, 0.25) is 0 Å². The van der Waals surface area contributed by atoms with Crippen LogP contribution in [-0.2, 0) is 6.54 Å². The van der Waals surface area contributed by atoms with Gasteiger partial charge >= 0.3 is 6.01 Å². The Morgan fingerprint density at radius 3 is 2.67 bits per heavy atom. The van der Waals surface area contributed by atoms with Crippen molar-refractivity contribution in [3.05, 3.63) is 41.5 Å². The minimum Gasteiger partial charge on any atom is -0.407 e. The zero-order chi connectivity index (χ0) is 15.2. The Hall–Kier alpha value is -1.95. The third-order valence-electron chi connectivity index (χ3n) is 3.01. The van der Waals surface area contributed by atoms with E-state index < -0.39 is 0 Å². The van der Waals surface area contributed by atoms with Crippen LogP contribution in [0.4, 0.5) is 10.4 Å². The van der Waals surface area contributed by atoms with E-state index in [0.29, 0.717) is 29.9 Å². The Balaban J connectivity index is 1.91. The molecule has 0 saturated heterocycles. The van der Waals surface area contributed by atoms with Gasteiger partial charge in [-0.15, -0.1) is 5.10 Å². The van der Waals surface area contributed by atoms with E-state index in [2.05, 4.69) is 34.7 Å². The molecular weight excluding hydrogens is 271 g/mol. The maximum Gasteiger partial charge on any atom is 0.315 e. The van der Waals surface area contributed by atoms with Crippen molar-refractivity contribution in [3.8, 4) is 0 Å². The average molecular weight is 292 g/mol. The topological polar surface area (TPSA) is 63.0 Å². The van der Waals surface area contributed by atoms with Gasteiger partial charge in [0.2, 0.25) is 5.89 Å². The van der Waals surface area contributed by atoms with Gasteiger partial charge in [-0.3, -0.25) is 0 Å². The molecule has 1 heterocycles. The van der Waals surface area contributed by atoms with Crippen LogP contribution in [0.25, 0.3) is 0 Å². The molecule has 6 heteroatoms. The van der Waals surface area contributed by atoms with E-state index in [9.17, 15) is 4.39 Å². The first kappa shape index (κ1) is 15.4. The first-order valence-electron chi connectivity index (χ1n) is 7.10. The van der Waals surface area contributed by atoms with Crippen molar-refractivity contribution in [2.24, 2.45) is 5.92 Å². The molecule has 114 valence electrons. The van der Waals surface area contributed by atoms with Gasteiger partial charge in [0.1, 0.15) is 5.82 Å². The quantitative estimate of drug-likeness (QED) is 0.821. The Morgan fingerprint density at radius 2 is 1.95 bits per heavy atom. The molecule has 21 heavy (non-hydrogen) atoms. The van der Waals surface area contributed by atoms with Crippen molar-refractivity contribution in [2.45, 2.75) is 33.4 Å². The van der Waals surface area contributed by atoms with Gasteiger partial charge in [0.15, 0.2) is 0 Å². The summed E-state index contributed by atoms with van der Waals surface area (Å²) in [5, 5.41) is 14.1. The summed E-state index contributed by atoms with van der Waals surface area (Å²) < 4.78 is 19.2. The zero-order valence-corrected chi connectivity index (χ0v) is 12.6. The monoisotopic (exact) mass is 292 g/mol. The maximum absolute atomic E-state index is 13.7. The molecule has 0 bridgehead atoms. The maximum atomic E-state index is 13.7. The highest BCUT2D eigenvalue weighted by atomic mass is 19.1. The van der Waals surface area contributed by atoms with E-state index in [0.717, 1.165) is 6.54 Å². The zero-order valence-electron chi connectivity index (χ0n) is 12.6. The van der Waals surface area contributed by atoms with Gasteiger partial charge in [-0.1, -0.05) is 37.1 Å². The number of nitrogens with zero attached hydrogens (tertiary/aromatic N) is 2. The van der Waals surface area contributed by atoms with E-state index in [4.69, 9.17) is 4.42 Å². The fraction of sp³-hybridized carbons (Fsp3) is 0.467. The van der Waals surface area contributed by atoms with E-state index in [1.165, 1.54) is 6.07 Å². The van der Waals surface area contributed by atoms with Gasteiger partial charge in [0.05, 0.1) is 12.6 Å². The fourth-order valence-electron chi connectivity index (χ4n) is 1.94. The van der Waals surface area contributed by atoms with Crippen molar-refractivity contribution in [1.82, 2.24) is 15.5 Å². The summed E-state index contributed by atoms with van der Waals surface area (Å²) in [7, 11) is 0. The molecule has 2 aromatic rings. The van der Waals surface area contributed by atoms with Gasteiger partial charge < -0.3 is 15.1 Å². The molecule has 0 saturated carbocycles. The number of aromatic nitrogens is 2. The van der Waals surface area contributed by atoms with Gasteiger partial charge in [0, 0.05) is 5.56 Å². The van der Waals surface area contributed by atoms with Crippen LogP contribution in [0.15, 0.2) is 28.7 Å². The molecule has 1 aromatic heterocycles. The lowest BCUT2D eigenvalue weighted by Gasteiger charge is -2.12. The van der Waals surface area contributed by atoms with E-state index in [-0.39, 0.29) is 11.9 Å². The van der Waals surface area contributed by atoms with Crippen LogP contribution in [0.1, 0.15) is 38.3 Å². The Labute approximate surface area is 124 Å². The summed E-state index contributed by atoms with van der Waals surface area (Å²) in [6.07, 6.45) is 0. The third-order valence-corrected chi connectivity index (χ3v) is 3.01. The van der Waals surface area contributed by atoms with Crippen LogP contribution in [0, 0.1) is 11.7 Å². The molecule has 1 atom stereocenters. The first-order chi connectivity index (χ1) is 10.1. The van der Waals surface area contributed by atoms with Crippen molar-refractivity contribution in [2.75, 3.05) is 11.9 Å². The third kappa shape index (κ3) is 4.53. The smallest absolute Gasteiger partial charge is 0.315 e. The molecule has 1 aromatic carbocycles. The molecule has 5 nitrogen and oxygen atoms in total. The summed E-state index contributed by atoms with van der Waals surface area (Å²) in [5.74, 6) is 0.821. The molecule has 1 unspecified atom stereocenters. The van der Waals surface area contributed by atoms with Crippen molar-refractivity contribution < 1.29 is 8.81 Å². The van der Waals surface area contributed by atoms with E-state index in [1.807, 2.05) is 6.92 Å². The average Bonchev–Trinajstić information content (AvgIpc) is 2.86. The first-order valence-corrected chi connectivity index (χ1v) is 7.10. The molecule has 0 radical (unpaired) electrons. The normalized spacial score (nSPS) is 12.6. The van der Waals surface area contributed by atoms with Gasteiger partial charge in [0.25, 0.3) is 0 Å². The molecule has 2 rings (SSSR count). The second kappa shape index (κ2) is 7.17. The Bertz CT molecular complexity index is 570. The molecule has 0 spiro atoms. The predicted octanol–water partition coefficient (Wildman–Crippen LogP) is 3.13. The Kier molecular flexibility index (Phi) is 5.27. The fourth-order valence-corrected chi connectivity index (χ4v) is 1.94. The molecular formula is C15H21FN4O. The lowest BCUT2D eigenvalue weighted by Crippen LogP contribution is -2.19. The SMILES string of the molecule is CC(C)CNCc1nnc(NC(C)c2ccccc2F)o1. The second-order valence-electron chi connectivity index (χ2n) is 5.41. The number of rotatable bonds is 7. The molecule has 0 aliphatic carbocycles. The lowest BCUT2D eigenvalue weighted by atomic mass is 10.1. The van der Waals surface area contributed by atoms with Gasteiger partial charge in [-0.05, 0) is 25.5 Å². The highest BCUT2D eigenvalue weighted by Gasteiger charge is 2.13. The number of anilines is 1. The van der Waals surface area contributed by atoms with Crippen LogP contribution in [-0.4, -0.2) is 16.7 Å². The summed E-state index contributed by atoms with van der Waals surface area (Å²) in [6, 6.07) is 6.68. The summed E-state index contributed by atoms with van der Waals surface area (Å²) in [4.78, 5) is 0. The minimum absolute atomic E-state index is 0.247. The van der Waals surface area contributed by atoms with Crippen LogP contribution >= 0.6 is 0 Å². The van der Waals surface area contributed by atoms with Crippen molar-refractivity contribution >= 4 is 6.01 Å². The van der Waals surface area contributed by atoms with Crippen LogP contribution in [0.5, 0.6) is 0 Å². The predicted molar refractivity (Wildman–Crippen MR) is 79.3 cm³/mol. The highest BCUT2D eigenvalue weighted by Crippen LogP contribution is 2.20. The summed E-state index contributed by atoms with van der Waals surface area (Å²) in [6.45, 7) is 7.52. The number of hydrogen-bond donors (Lipinski definition) is 2. The number of hydrogen-bond acceptors (Lipinski definition) is 5. The second-order valence-corrected chi connectivity index (χ2v) is 5.41. The molecule has 0 fully saturated rings. The standard InChI is InChI=1S/C15H21FN4O/c1-10(2)8-17-9-14-19-20-15(21-14)18-11(3)12-6-4-5-7-13(12)16/h4-7,10-11,17H,8-9H2,1-3H3,(H,18,20). The molecule has 2 N–H and O–H groups in total.